The van der Waals surface area contributed by atoms with E-state index in [1.807, 2.05) is 45.0 Å². The largest absolute Gasteiger partial charge is 0.444 e. The van der Waals surface area contributed by atoms with Gasteiger partial charge in [0.05, 0.1) is 11.3 Å². The summed E-state index contributed by atoms with van der Waals surface area (Å²) in [7, 11) is 0. The zero-order valence-corrected chi connectivity index (χ0v) is 22.4. The van der Waals surface area contributed by atoms with Gasteiger partial charge >= 0.3 is 6.09 Å². The predicted octanol–water partition coefficient (Wildman–Crippen LogP) is 5.44. The third-order valence-corrected chi connectivity index (χ3v) is 7.59. The van der Waals surface area contributed by atoms with E-state index >= 15 is 0 Å². The van der Waals surface area contributed by atoms with Crippen LogP contribution >= 0.6 is 15.9 Å². The van der Waals surface area contributed by atoms with Crippen LogP contribution in [-0.2, 0) is 10.2 Å². The summed E-state index contributed by atoms with van der Waals surface area (Å²) < 4.78 is 6.41. The maximum Gasteiger partial charge on any atom is 0.410 e. The van der Waals surface area contributed by atoms with Gasteiger partial charge in [0, 0.05) is 63.9 Å². The number of nitrogens with zero attached hydrogens (tertiary/aromatic N) is 2. The minimum Gasteiger partial charge on any atom is -0.444 e. The summed E-state index contributed by atoms with van der Waals surface area (Å²) in [4.78, 5) is 33.7. The molecule has 1 aliphatic carbocycles. The summed E-state index contributed by atoms with van der Waals surface area (Å²) in [5.41, 5.74) is 11.0. The van der Waals surface area contributed by atoms with Crippen molar-refractivity contribution in [1.82, 2.24) is 9.88 Å². The highest BCUT2D eigenvalue weighted by molar-refractivity contribution is 9.10. The highest BCUT2D eigenvalue weighted by Gasteiger charge is 2.40. The fraction of sp³-hybridized carbons (Fsp3) is 0.407. The Labute approximate surface area is 213 Å². The minimum absolute atomic E-state index is 0.0207. The number of piperazine rings is 1. The quantitative estimate of drug-likeness (QED) is 0.402. The molecular formula is C27H31BrN4O3. The molecule has 1 aliphatic heterocycles. The average molecular weight is 539 g/mol. The SMILES string of the molecule is CC(C)(C)OC(=O)N1CCN(c2cc3c(cc2Br)C(=O)c2c([nH]c4cc(N)ccc24)C3(C)C)CC1. The number of halogens is 1. The molecular weight excluding hydrogens is 508 g/mol. The number of rotatable bonds is 1. The first-order chi connectivity index (χ1) is 16.4. The lowest BCUT2D eigenvalue weighted by Gasteiger charge is -2.38. The number of fused-ring (bicyclic) bond motifs is 4. The maximum absolute atomic E-state index is 13.7. The molecule has 2 aromatic carbocycles. The van der Waals surface area contributed by atoms with Crippen LogP contribution in [0.5, 0.6) is 0 Å². The number of aromatic nitrogens is 1. The number of nitrogens with two attached hydrogens (primary N) is 1. The van der Waals surface area contributed by atoms with Crippen molar-refractivity contribution in [3.05, 3.63) is 57.2 Å². The molecule has 1 amide bonds. The van der Waals surface area contributed by atoms with E-state index in [2.05, 4.69) is 45.7 Å². The van der Waals surface area contributed by atoms with Crippen molar-refractivity contribution in [3.63, 3.8) is 0 Å². The number of amides is 1. The number of hydrogen-bond donors (Lipinski definition) is 2. The van der Waals surface area contributed by atoms with Crippen molar-refractivity contribution in [3.8, 4) is 0 Å². The van der Waals surface area contributed by atoms with Crippen LogP contribution in [0, 0.1) is 0 Å². The van der Waals surface area contributed by atoms with E-state index in [1.54, 1.807) is 4.90 Å². The van der Waals surface area contributed by atoms with Crippen LogP contribution in [0.1, 0.15) is 61.8 Å². The van der Waals surface area contributed by atoms with Crippen molar-refractivity contribution in [2.24, 2.45) is 0 Å². The summed E-state index contributed by atoms with van der Waals surface area (Å²) in [6.45, 7) is 12.4. The second-order valence-electron chi connectivity index (χ2n) is 10.9. The first kappa shape index (κ1) is 23.7. The standard InChI is InChI=1S/C27H31BrN4O3/c1-26(2,3)35-25(34)32-10-8-31(9-11-32)21-14-18-17(13-19(21)28)23(33)22-16-7-6-15(29)12-20(16)30-24(22)27(18,4)5/h6-7,12-14,30H,8-11,29H2,1-5H3. The molecule has 7 nitrogen and oxygen atoms in total. The van der Waals surface area contributed by atoms with Crippen molar-refractivity contribution in [2.75, 3.05) is 36.8 Å². The molecule has 5 rings (SSSR count). The number of benzene rings is 2. The Morgan fingerprint density at radius 2 is 1.80 bits per heavy atom. The van der Waals surface area contributed by atoms with Crippen molar-refractivity contribution in [2.45, 2.75) is 45.6 Å². The Kier molecular flexibility index (Phi) is 5.43. The van der Waals surface area contributed by atoms with Gasteiger partial charge in [0.25, 0.3) is 0 Å². The molecule has 184 valence electrons. The molecule has 0 bridgehead atoms. The summed E-state index contributed by atoms with van der Waals surface area (Å²) in [5.74, 6) is 0.0207. The third kappa shape index (κ3) is 3.97. The van der Waals surface area contributed by atoms with E-state index in [-0.39, 0.29) is 11.9 Å². The van der Waals surface area contributed by atoms with Gasteiger partial charge in [0.15, 0.2) is 5.78 Å². The van der Waals surface area contributed by atoms with Gasteiger partial charge < -0.3 is 25.3 Å². The molecule has 2 heterocycles. The Balaban J connectivity index is 1.47. The van der Waals surface area contributed by atoms with Gasteiger partial charge in [-0.15, -0.1) is 0 Å². The number of anilines is 2. The van der Waals surface area contributed by atoms with Gasteiger partial charge in [-0.2, -0.15) is 0 Å². The fourth-order valence-corrected chi connectivity index (χ4v) is 5.75. The maximum atomic E-state index is 13.7. The number of aromatic amines is 1. The molecule has 0 radical (unpaired) electrons. The number of ketones is 1. The molecule has 3 aromatic rings. The van der Waals surface area contributed by atoms with E-state index in [0.717, 1.165) is 37.9 Å². The van der Waals surface area contributed by atoms with E-state index in [0.29, 0.717) is 37.4 Å². The van der Waals surface area contributed by atoms with E-state index in [9.17, 15) is 9.59 Å². The Bertz CT molecular complexity index is 1360. The molecule has 3 N–H and O–H groups in total. The summed E-state index contributed by atoms with van der Waals surface area (Å²) >= 11 is 3.73. The van der Waals surface area contributed by atoms with Crippen LogP contribution < -0.4 is 10.6 Å². The lowest BCUT2D eigenvalue weighted by atomic mass is 9.71. The summed E-state index contributed by atoms with van der Waals surface area (Å²) in [6, 6.07) is 9.72. The molecule has 8 heteroatoms. The smallest absolute Gasteiger partial charge is 0.410 e. The molecule has 0 unspecified atom stereocenters. The lowest BCUT2D eigenvalue weighted by molar-refractivity contribution is 0.0240. The van der Waals surface area contributed by atoms with E-state index in [1.165, 1.54) is 0 Å². The molecule has 1 aromatic heterocycles. The van der Waals surface area contributed by atoms with Gasteiger partial charge in [-0.05, 0) is 66.5 Å². The van der Waals surface area contributed by atoms with Crippen molar-refractivity contribution < 1.29 is 14.3 Å². The minimum atomic E-state index is -0.513. The number of nitrogen functional groups attached to an aromatic ring is 1. The second kappa shape index (κ2) is 8.01. The predicted molar refractivity (Wildman–Crippen MR) is 142 cm³/mol. The topological polar surface area (TPSA) is 91.7 Å². The Morgan fingerprint density at radius 3 is 2.46 bits per heavy atom. The van der Waals surface area contributed by atoms with Gasteiger partial charge in [-0.3, -0.25) is 4.79 Å². The molecule has 0 saturated carbocycles. The number of ether oxygens (including phenoxy) is 1. The van der Waals surface area contributed by atoms with Gasteiger partial charge in [-0.25, -0.2) is 4.79 Å². The molecule has 2 aliphatic rings. The number of carbonyl (C=O) groups is 2. The van der Waals surface area contributed by atoms with Gasteiger partial charge in [0.2, 0.25) is 0 Å². The number of nitrogens with one attached hydrogen (secondary N) is 1. The average Bonchev–Trinajstić information content (AvgIpc) is 3.16. The number of hydrogen-bond acceptors (Lipinski definition) is 5. The molecule has 0 spiro atoms. The lowest BCUT2D eigenvalue weighted by Crippen LogP contribution is -2.50. The van der Waals surface area contributed by atoms with Crippen LogP contribution in [0.25, 0.3) is 10.9 Å². The number of carbonyl (C=O) groups excluding carboxylic acids is 2. The first-order valence-electron chi connectivity index (χ1n) is 11.9. The zero-order valence-electron chi connectivity index (χ0n) is 20.8. The van der Waals surface area contributed by atoms with Crippen LogP contribution in [0.4, 0.5) is 16.2 Å². The van der Waals surface area contributed by atoms with E-state index in [4.69, 9.17) is 10.5 Å². The van der Waals surface area contributed by atoms with Gasteiger partial charge in [-0.1, -0.05) is 19.9 Å². The van der Waals surface area contributed by atoms with Crippen molar-refractivity contribution >= 4 is 50.1 Å². The summed E-state index contributed by atoms with van der Waals surface area (Å²) in [5, 5.41) is 0.899. The Morgan fingerprint density at radius 1 is 1.11 bits per heavy atom. The number of H-pyrrole nitrogens is 1. The summed E-state index contributed by atoms with van der Waals surface area (Å²) in [6.07, 6.45) is -0.277. The molecule has 1 saturated heterocycles. The normalized spacial score (nSPS) is 17.4. The second-order valence-corrected chi connectivity index (χ2v) is 11.8. The fourth-order valence-electron chi connectivity index (χ4n) is 5.15. The highest BCUT2D eigenvalue weighted by Crippen LogP contribution is 2.46. The third-order valence-electron chi connectivity index (χ3n) is 6.95. The van der Waals surface area contributed by atoms with Crippen molar-refractivity contribution in [1.29, 1.82) is 0 Å². The highest BCUT2D eigenvalue weighted by atomic mass is 79.9. The first-order valence-corrected chi connectivity index (χ1v) is 12.7. The van der Waals surface area contributed by atoms with Gasteiger partial charge in [0.1, 0.15) is 5.60 Å². The van der Waals surface area contributed by atoms with Crippen LogP contribution in [0.15, 0.2) is 34.8 Å². The van der Waals surface area contributed by atoms with Crippen LogP contribution in [0.2, 0.25) is 0 Å². The van der Waals surface area contributed by atoms with Crippen LogP contribution in [0.3, 0.4) is 0 Å². The monoisotopic (exact) mass is 538 g/mol. The molecule has 35 heavy (non-hydrogen) atoms. The molecule has 1 fully saturated rings. The zero-order chi connectivity index (χ0) is 25.3. The van der Waals surface area contributed by atoms with Crippen LogP contribution in [-0.4, -0.2) is 53.5 Å². The molecule has 0 atom stereocenters. The Hall–Kier alpha value is -3.00. The van der Waals surface area contributed by atoms with E-state index < -0.39 is 11.0 Å².